The number of ketones is 1. The Morgan fingerprint density at radius 3 is 2.79 bits per heavy atom. The zero-order chi connectivity index (χ0) is 16.9. The Labute approximate surface area is 147 Å². The molecule has 0 saturated heterocycles. The van der Waals surface area contributed by atoms with Crippen molar-refractivity contribution in [1.82, 2.24) is 4.98 Å². The molecular weight excluding hydrogens is 340 g/mol. The smallest absolute Gasteiger partial charge is 0.221 e. The van der Waals surface area contributed by atoms with Gasteiger partial charge in [-0.05, 0) is 35.7 Å². The average Bonchev–Trinajstić information content (AvgIpc) is 3.23. The second kappa shape index (κ2) is 7.33. The lowest BCUT2D eigenvalue weighted by Gasteiger charge is -2.03. The Morgan fingerprint density at radius 2 is 2.04 bits per heavy atom. The van der Waals surface area contributed by atoms with Crippen molar-refractivity contribution in [3.63, 3.8) is 0 Å². The minimum absolute atomic E-state index is 0.132. The first-order valence-electron chi connectivity index (χ1n) is 7.21. The van der Waals surface area contributed by atoms with Gasteiger partial charge in [-0.2, -0.15) is 0 Å². The third-order valence-corrected chi connectivity index (χ3v) is 5.03. The largest absolute Gasteiger partial charge is 0.326 e. The fourth-order valence-electron chi connectivity index (χ4n) is 2.09. The summed E-state index contributed by atoms with van der Waals surface area (Å²) in [6, 6.07) is 10.9. The standard InChI is InChI=1S/C18H14N2O2S2/c1-12(21)19-14-5-2-4-13(10-14)16(22)8-7-15-11-24-18(20-15)17-6-3-9-23-17/h2-11H,1H3,(H,19,21). The van der Waals surface area contributed by atoms with Crippen molar-refractivity contribution in [2.45, 2.75) is 6.92 Å². The van der Waals surface area contributed by atoms with E-state index in [1.807, 2.05) is 22.9 Å². The van der Waals surface area contributed by atoms with Gasteiger partial charge in [0.25, 0.3) is 0 Å². The summed E-state index contributed by atoms with van der Waals surface area (Å²) in [6.45, 7) is 1.43. The molecule has 2 aromatic heterocycles. The van der Waals surface area contributed by atoms with Crippen LogP contribution in [0.1, 0.15) is 23.0 Å². The quantitative estimate of drug-likeness (QED) is 0.532. The predicted molar refractivity (Wildman–Crippen MR) is 99.5 cm³/mol. The van der Waals surface area contributed by atoms with Gasteiger partial charge in [-0.3, -0.25) is 9.59 Å². The minimum Gasteiger partial charge on any atom is -0.326 e. The fraction of sp³-hybridized carbons (Fsp3) is 0.0556. The van der Waals surface area contributed by atoms with Crippen LogP contribution in [-0.4, -0.2) is 16.7 Å². The van der Waals surface area contributed by atoms with E-state index in [0.29, 0.717) is 11.3 Å². The normalized spacial score (nSPS) is 10.9. The lowest BCUT2D eigenvalue weighted by atomic mass is 10.1. The van der Waals surface area contributed by atoms with Gasteiger partial charge < -0.3 is 5.32 Å². The van der Waals surface area contributed by atoms with Gasteiger partial charge in [-0.1, -0.05) is 18.2 Å². The Balaban J connectivity index is 1.72. The molecule has 0 unspecified atom stereocenters. The number of nitrogens with one attached hydrogen (secondary N) is 1. The number of rotatable bonds is 5. The van der Waals surface area contributed by atoms with Gasteiger partial charge in [0, 0.05) is 23.6 Å². The van der Waals surface area contributed by atoms with Crippen molar-refractivity contribution in [3.05, 3.63) is 64.5 Å². The molecule has 120 valence electrons. The maximum absolute atomic E-state index is 12.3. The van der Waals surface area contributed by atoms with E-state index in [1.54, 1.807) is 53.0 Å². The Kier molecular flexibility index (Phi) is 4.98. The average molecular weight is 354 g/mol. The van der Waals surface area contributed by atoms with Gasteiger partial charge >= 0.3 is 0 Å². The number of carbonyl (C=O) groups is 2. The van der Waals surface area contributed by atoms with Crippen molar-refractivity contribution in [2.24, 2.45) is 0 Å². The summed E-state index contributed by atoms with van der Waals surface area (Å²) in [5.41, 5.74) is 1.89. The van der Waals surface area contributed by atoms with Crippen LogP contribution < -0.4 is 5.32 Å². The number of aromatic nitrogens is 1. The number of amides is 1. The molecule has 0 saturated carbocycles. The lowest BCUT2D eigenvalue weighted by Crippen LogP contribution is -2.06. The first kappa shape index (κ1) is 16.3. The van der Waals surface area contributed by atoms with Crippen LogP contribution in [0.4, 0.5) is 5.69 Å². The van der Waals surface area contributed by atoms with Crippen molar-refractivity contribution >= 4 is 46.1 Å². The van der Waals surface area contributed by atoms with Crippen LogP contribution in [0.2, 0.25) is 0 Å². The van der Waals surface area contributed by atoms with E-state index in [9.17, 15) is 9.59 Å². The number of benzene rings is 1. The number of thiazole rings is 1. The third-order valence-electron chi connectivity index (χ3n) is 3.13. The number of carbonyl (C=O) groups excluding carboxylic acids is 2. The molecule has 0 aliphatic heterocycles. The molecule has 1 amide bonds. The molecule has 3 aromatic rings. The lowest BCUT2D eigenvalue weighted by molar-refractivity contribution is -0.114. The highest BCUT2D eigenvalue weighted by Crippen LogP contribution is 2.28. The summed E-state index contributed by atoms with van der Waals surface area (Å²) in [5.74, 6) is -0.299. The molecule has 3 rings (SSSR count). The van der Waals surface area contributed by atoms with Crippen molar-refractivity contribution in [3.8, 4) is 9.88 Å². The van der Waals surface area contributed by atoms with E-state index in [2.05, 4.69) is 10.3 Å². The highest BCUT2D eigenvalue weighted by Gasteiger charge is 2.06. The molecular formula is C18H14N2O2S2. The van der Waals surface area contributed by atoms with Gasteiger partial charge in [0.1, 0.15) is 5.01 Å². The molecule has 4 nitrogen and oxygen atoms in total. The second-order valence-electron chi connectivity index (χ2n) is 5.01. The molecule has 0 spiro atoms. The van der Waals surface area contributed by atoms with Crippen LogP contribution in [0.15, 0.2) is 53.2 Å². The summed E-state index contributed by atoms with van der Waals surface area (Å²) < 4.78 is 0. The number of allylic oxidation sites excluding steroid dienone is 1. The van der Waals surface area contributed by atoms with Crippen LogP contribution in [0.25, 0.3) is 16.0 Å². The summed E-state index contributed by atoms with van der Waals surface area (Å²) in [4.78, 5) is 29.0. The van der Waals surface area contributed by atoms with Gasteiger partial charge in [0.05, 0.1) is 10.6 Å². The summed E-state index contributed by atoms with van der Waals surface area (Å²) in [5, 5.41) is 7.55. The molecule has 1 N–H and O–H groups in total. The van der Waals surface area contributed by atoms with Crippen LogP contribution in [0.3, 0.4) is 0 Å². The molecule has 0 fully saturated rings. The zero-order valence-electron chi connectivity index (χ0n) is 12.9. The zero-order valence-corrected chi connectivity index (χ0v) is 14.5. The van der Waals surface area contributed by atoms with Crippen molar-refractivity contribution in [2.75, 3.05) is 5.32 Å². The van der Waals surface area contributed by atoms with Crippen molar-refractivity contribution in [1.29, 1.82) is 0 Å². The molecule has 0 aliphatic rings. The van der Waals surface area contributed by atoms with Gasteiger partial charge in [0.2, 0.25) is 5.91 Å². The highest BCUT2D eigenvalue weighted by molar-refractivity contribution is 7.20. The molecule has 24 heavy (non-hydrogen) atoms. The van der Waals surface area contributed by atoms with E-state index in [4.69, 9.17) is 0 Å². The predicted octanol–water partition coefficient (Wildman–Crippen LogP) is 4.73. The maximum Gasteiger partial charge on any atom is 0.221 e. The van der Waals surface area contributed by atoms with E-state index >= 15 is 0 Å². The third kappa shape index (κ3) is 4.04. The minimum atomic E-state index is -0.168. The monoisotopic (exact) mass is 354 g/mol. The van der Waals surface area contributed by atoms with Gasteiger partial charge in [-0.15, -0.1) is 22.7 Å². The Morgan fingerprint density at radius 1 is 1.17 bits per heavy atom. The first-order valence-corrected chi connectivity index (χ1v) is 8.97. The topological polar surface area (TPSA) is 59.1 Å². The second-order valence-corrected chi connectivity index (χ2v) is 6.82. The van der Waals surface area contributed by atoms with Crippen LogP contribution in [0, 0.1) is 0 Å². The van der Waals surface area contributed by atoms with E-state index in [0.717, 1.165) is 15.6 Å². The van der Waals surface area contributed by atoms with Gasteiger partial charge in [-0.25, -0.2) is 4.98 Å². The fourth-order valence-corrected chi connectivity index (χ4v) is 3.69. The van der Waals surface area contributed by atoms with Crippen molar-refractivity contribution < 1.29 is 9.59 Å². The SMILES string of the molecule is CC(=O)Nc1cccc(C(=O)C=Cc2csc(-c3cccs3)n2)c1. The highest BCUT2D eigenvalue weighted by atomic mass is 32.1. The van der Waals surface area contributed by atoms with E-state index in [-0.39, 0.29) is 11.7 Å². The number of nitrogens with zero attached hydrogens (tertiary/aromatic N) is 1. The molecule has 2 heterocycles. The first-order chi connectivity index (χ1) is 11.6. The Bertz CT molecular complexity index is 895. The molecule has 1 aromatic carbocycles. The molecule has 0 bridgehead atoms. The van der Waals surface area contributed by atoms with Gasteiger partial charge in [0.15, 0.2) is 5.78 Å². The molecule has 0 radical (unpaired) electrons. The number of hydrogen-bond donors (Lipinski definition) is 1. The summed E-state index contributed by atoms with van der Waals surface area (Å²) >= 11 is 3.19. The molecule has 6 heteroatoms. The van der Waals surface area contributed by atoms with Crippen LogP contribution in [-0.2, 0) is 4.79 Å². The van der Waals surface area contributed by atoms with E-state index in [1.165, 1.54) is 13.0 Å². The number of hydrogen-bond acceptors (Lipinski definition) is 5. The molecule has 0 aliphatic carbocycles. The number of anilines is 1. The van der Waals surface area contributed by atoms with E-state index < -0.39 is 0 Å². The molecule has 0 atom stereocenters. The number of thiophene rings is 1. The van der Waals surface area contributed by atoms with Crippen LogP contribution in [0.5, 0.6) is 0 Å². The summed E-state index contributed by atoms with van der Waals surface area (Å²) in [6.07, 6.45) is 3.21. The van der Waals surface area contributed by atoms with Crippen LogP contribution >= 0.6 is 22.7 Å². The summed E-state index contributed by atoms with van der Waals surface area (Å²) in [7, 11) is 0. The maximum atomic E-state index is 12.3. The Hall–Kier alpha value is -2.57.